The van der Waals surface area contributed by atoms with Gasteiger partial charge < -0.3 is 9.64 Å². The molecule has 1 amide bonds. The number of nitrogens with zero attached hydrogens (tertiary/aromatic N) is 2. The molecule has 6 heteroatoms. The molecule has 1 aliphatic heterocycles. The first-order chi connectivity index (χ1) is 9.26. The first-order valence-corrected chi connectivity index (χ1v) is 7.00. The van der Waals surface area contributed by atoms with E-state index in [0.29, 0.717) is 13.1 Å². The van der Waals surface area contributed by atoms with Crippen molar-refractivity contribution in [3.8, 4) is 0 Å². The Morgan fingerprint density at radius 2 is 1.95 bits per heavy atom. The van der Waals surface area contributed by atoms with Gasteiger partial charge in [-0.05, 0) is 39.5 Å². The maximum Gasteiger partial charge on any atom is 0.410 e. The Bertz CT molecular complexity index is 531. The summed E-state index contributed by atoms with van der Waals surface area (Å²) in [4.78, 5) is 25.4. The molecule has 1 aromatic heterocycles. The van der Waals surface area contributed by atoms with Crippen LogP contribution in [0.1, 0.15) is 45.1 Å². The Labute approximate surface area is 118 Å². The summed E-state index contributed by atoms with van der Waals surface area (Å²) >= 11 is 0. The average Bonchev–Trinajstić information content (AvgIpc) is 2.66. The van der Waals surface area contributed by atoms with E-state index in [1.165, 1.54) is 0 Å². The van der Waals surface area contributed by atoms with Crippen LogP contribution in [0.2, 0.25) is 0 Å². The Balaban J connectivity index is 1.94. The predicted octanol–water partition coefficient (Wildman–Crippen LogP) is 1.83. The monoisotopic (exact) mass is 281 g/mol. The minimum atomic E-state index is -0.468. The number of likely N-dealkylation sites (tertiary alicyclic amines) is 1. The lowest BCUT2D eigenvalue weighted by atomic mass is 9.91. The van der Waals surface area contributed by atoms with Crippen LogP contribution < -0.4 is 5.56 Å². The van der Waals surface area contributed by atoms with Gasteiger partial charge in [0.15, 0.2) is 0 Å². The van der Waals surface area contributed by atoms with Crippen molar-refractivity contribution in [3.63, 3.8) is 0 Å². The molecule has 2 heterocycles. The molecule has 20 heavy (non-hydrogen) atoms. The van der Waals surface area contributed by atoms with E-state index in [9.17, 15) is 9.59 Å². The highest BCUT2D eigenvalue weighted by atomic mass is 16.6. The van der Waals surface area contributed by atoms with Crippen LogP contribution in [-0.2, 0) is 11.8 Å². The first kappa shape index (κ1) is 14.7. The van der Waals surface area contributed by atoms with E-state index in [1.54, 1.807) is 16.6 Å². The second-order valence-corrected chi connectivity index (χ2v) is 6.38. The molecule has 1 N–H and O–H groups in total. The lowest BCUT2D eigenvalue weighted by Crippen LogP contribution is -2.41. The normalized spacial score (nSPS) is 17.3. The van der Waals surface area contributed by atoms with Gasteiger partial charge in [0.25, 0.3) is 5.56 Å². The van der Waals surface area contributed by atoms with Crippen molar-refractivity contribution in [3.05, 3.63) is 22.1 Å². The highest BCUT2D eigenvalue weighted by molar-refractivity contribution is 5.68. The van der Waals surface area contributed by atoms with Crippen LogP contribution in [-0.4, -0.2) is 39.5 Å². The molecule has 112 valence electrons. The molecular weight excluding hydrogens is 258 g/mol. The van der Waals surface area contributed by atoms with Crippen LogP contribution in [0.4, 0.5) is 4.79 Å². The van der Waals surface area contributed by atoms with Crippen LogP contribution in [0.15, 0.2) is 11.0 Å². The molecule has 1 aliphatic rings. The fourth-order valence-electron chi connectivity index (χ4n) is 2.51. The van der Waals surface area contributed by atoms with Crippen LogP contribution in [0.3, 0.4) is 0 Å². The average molecular weight is 281 g/mol. The molecule has 2 rings (SSSR count). The lowest BCUT2D eigenvalue weighted by molar-refractivity contribution is 0.0204. The third-order valence-corrected chi connectivity index (χ3v) is 3.46. The smallest absolute Gasteiger partial charge is 0.410 e. The van der Waals surface area contributed by atoms with Gasteiger partial charge in [0.05, 0.1) is 0 Å². The minimum Gasteiger partial charge on any atom is -0.444 e. The number of piperidine rings is 1. The fraction of sp³-hybridized carbons (Fsp3) is 0.714. The number of aromatic amines is 1. The molecule has 1 saturated heterocycles. The number of aromatic nitrogens is 2. The van der Waals surface area contributed by atoms with Gasteiger partial charge in [-0.25, -0.2) is 4.79 Å². The van der Waals surface area contributed by atoms with E-state index in [0.717, 1.165) is 18.4 Å². The number of hydrogen-bond donors (Lipinski definition) is 1. The molecule has 1 aromatic rings. The second-order valence-electron chi connectivity index (χ2n) is 6.38. The summed E-state index contributed by atoms with van der Waals surface area (Å²) in [5.74, 6) is 0.221. The Morgan fingerprint density at radius 1 is 1.35 bits per heavy atom. The standard InChI is InChI=1S/C14H23N3O3/c1-14(2,3)20-13(19)17-7-5-10(6-8-17)11-9-16(4)15-12(11)18/h9-10H,5-8H2,1-4H3,(H,15,18). The van der Waals surface area contributed by atoms with Gasteiger partial charge in [-0.1, -0.05) is 0 Å². The number of hydrogen-bond acceptors (Lipinski definition) is 3. The maximum atomic E-state index is 12.0. The third kappa shape index (κ3) is 3.43. The third-order valence-electron chi connectivity index (χ3n) is 3.46. The molecular formula is C14H23N3O3. The SMILES string of the molecule is Cn1cc(C2CCN(C(=O)OC(C)(C)C)CC2)c(=O)[nH]1. The fourth-order valence-corrected chi connectivity index (χ4v) is 2.51. The number of amides is 1. The van der Waals surface area contributed by atoms with Gasteiger partial charge in [-0.3, -0.25) is 14.6 Å². The Kier molecular flexibility index (Phi) is 3.92. The minimum absolute atomic E-state index is 0.0248. The summed E-state index contributed by atoms with van der Waals surface area (Å²) < 4.78 is 7.04. The largest absolute Gasteiger partial charge is 0.444 e. The zero-order valence-electron chi connectivity index (χ0n) is 12.6. The number of carbonyl (C=O) groups excluding carboxylic acids is 1. The molecule has 0 aromatic carbocycles. The van der Waals surface area contributed by atoms with Crippen molar-refractivity contribution in [2.75, 3.05) is 13.1 Å². The van der Waals surface area contributed by atoms with Gasteiger partial charge in [0.1, 0.15) is 5.60 Å². The van der Waals surface area contributed by atoms with Crippen LogP contribution >= 0.6 is 0 Å². The number of H-pyrrole nitrogens is 1. The van der Waals surface area contributed by atoms with Crippen molar-refractivity contribution in [1.29, 1.82) is 0 Å². The molecule has 1 fully saturated rings. The van der Waals surface area contributed by atoms with Crippen molar-refractivity contribution in [2.24, 2.45) is 7.05 Å². The molecule has 0 atom stereocenters. The number of ether oxygens (including phenoxy) is 1. The van der Waals surface area contributed by atoms with Gasteiger partial charge in [-0.15, -0.1) is 0 Å². The van der Waals surface area contributed by atoms with Crippen molar-refractivity contribution in [1.82, 2.24) is 14.7 Å². The predicted molar refractivity (Wildman–Crippen MR) is 75.8 cm³/mol. The quantitative estimate of drug-likeness (QED) is 0.854. The molecule has 6 nitrogen and oxygen atoms in total. The van der Waals surface area contributed by atoms with Crippen molar-refractivity contribution in [2.45, 2.75) is 45.1 Å². The molecule has 0 spiro atoms. The highest BCUT2D eigenvalue weighted by Crippen LogP contribution is 2.26. The number of rotatable bonds is 1. The summed E-state index contributed by atoms with van der Waals surface area (Å²) in [6.07, 6.45) is 3.17. The van der Waals surface area contributed by atoms with E-state index in [1.807, 2.05) is 27.0 Å². The topological polar surface area (TPSA) is 67.3 Å². The van der Waals surface area contributed by atoms with Crippen LogP contribution in [0.5, 0.6) is 0 Å². The van der Waals surface area contributed by atoms with Crippen LogP contribution in [0.25, 0.3) is 0 Å². The van der Waals surface area contributed by atoms with Gasteiger partial charge in [-0.2, -0.15) is 0 Å². The summed E-state index contributed by atoms with van der Waals surface area (Å²) in [5.41, 5.74) is 0.324. The van der Waals surface area contributed by atoms with Gasteiger partial charge >= 0.3 is 6.09 Å². The molecule has 0 saturated carbocycles. The van der Waals surface area contributed by atoms with E-state index in [-0.39, 0.29) is 17.6 Å². The van der Waals surface area contributed by atoms with Crippen molar-refractivity contribution >= 4 is 6.09 Å². The Hall–Kier alpha value is -1.72. The maximum absolute atomic E-state index is 12.0. The van der Waals surface area contributed by atoms with Crippen molar-refractivity contribution < 1.29 is 9.53 Å². The van der Waals surface area contributed by atoms with E-state index < -0.39 is 5.60 Å². The molecule has 0 radical (unpaired) electrons. The van der Waals surface area contributed by atoms with Gasteiger partial charge in [0.2, 0.25) is 0 Å². The molecule has 0 aliphatic carbocycles. The summed E-state index contributed by atoms with van der Waals surface area (Å²) in [6, 6.07) is 0. The van der Waals surface area contributed by atoms with Crippen LogP contribution in [0, 0.1) is 0 Å². The summed E-state index contributed by atoms with van der Waals surface area (Å²) in [5, 5.41) is 2.73. The molecule has 0 bridgehead atoms. The summed E-state index contributed by atoms with van der Waals surface area (Å²) in [6.45, 7) is 6.85. The zero-order chi connectivity index (χ0) is 14.9. The van der Waals surface area contributed by atoms with Gasteiger partial charge in [0, 0.05) is 31.9 Å². The highest BCUT2D eigenvalue weighted by Gasteiger charge is 2.28. The number of nitrogens with one attached hydrogen (secondary N) is 1. The van der Waals surface area contributed by atoms with E-state index in [2.05, 4.69) is 5.10 Å². The second kappa shape index (κ2) is 5.34. The lowest BCUT2D eigenvalue weighted by Gasteiger charge is -2.33. The first-order valence-electron chi connectivity index (χ1n) is 7.00. The Morgan fingerprint density at radius 3 is 2.40 bits per heavy atom. The number of aryl methyl sites for hydroxylation is 1. The van der Waals surface area contributed by atoms with E-state index in [4.69, 9.17) is 4.74 Å². The van der Waals surface area contributed by atoms with E-state index >= 15 is 0 Å². The molecule has 0 unspecified atom stereocenters. The number of carbonyl (C=O) groups is 1. The summed E-state index contributed by atoms with van der Waals surface area (Å²) in [7, 11) is 1.81. The zero-order valence-corrected chi connectivity index (χ0v) is 12.6.